The number of hydrogen-bond acceptors (Lipinski definition) is 1. The van der Waals surface area contributed by atoms with Gasteiger partial charge in [0.1, 0.15) is 24.8 Å². The summed E-state index contributed by atoms with van der Waals surface area (Å²) in [4.78, 5) is 12.6. The molecule has 23 heavy (non-hydrogen) atoms. The van der Waals surface area contributed by atoms with Crippen molar-refractivity contribution in [3.05, 3.63) is 84.7 Å². The fourth-order valence-corrected chi connectivity index (χ4v) is 2.37. The molecule has 0 fully saturated rings. The topological polar surface area (TPSA) is 34.7 Å². The Balaban J connectivity index is 2.04. The molecule has 0 spiro atoms. The zero-order valence-corrected chi connectivity index (χ0v) is 13.5. The van der Waals surface area contributed by atoms with Crippen LogP contribution in [0.25, 0.3) is 0 Å². The van der Waals surface area contributed by atoms with E-state index in [1.807, 2.05) is 101 Å². The van der Waals surface area contributed by atoms with Gasteiger partial charge in [-0.15, -0.1) is 0 Å². The third-order valence-electron chi connectivity index (χ3n) is 3.66. The van der Waals surface area contributed by atoms with E-state index in [2.05, 4.69) is 0 Å². The van der Waals surface area contributed by atoms with E-state index >= 15 is 0 Å². The molecule has 3 rings (SSSR count). The van der Waals surface area contributed by atoms with Crippen molar-refractivity contribution in [3.8, 4) is 0 Å². The van der Waals surface area contributed by atoms with Crippen LogP contribution in [0.4, 0.5) is 0 Å². The number of rotatable bonds is 4. The Morgan fingerprint density at radius 2 is 1.48 bits per heavy atom. The number of benzene rings is 1. The maximum absolute atomic E-state index is 12.6. The highest BCUT2D eigenvalue weighted by Crippen LogP contribution is 2.08. The minimum Gasteiger partial charge on any atom is -0.289 e. The van der Waals surface area contributed by atoms with Crippen LogP contribution in [-0.4, -0.2) is 14.9 Å². The number of ketones is 1. The van der Waals surface area contributed by atoms with Gasteiger partial charge in [0.25, 0.3) is 12.7 Å². The summed E-state index contributed by atoms with van der Waals surface area (Å²) in [5, 5.41) is 0. The number of carbonyl (C=O) groups is 1. The molecule has 0 amide bonds. The summed E-state index contributed by atoms with van der Waals surface area (Å²) >= 11 is 0. The van der Waals surface area contributed by atoms with Crippen LogP contribution in [0.2, 0.25) is 0 Å². The first-order valence-electron chi connectivity index (χ1n) is 7.43. The van der Waals surface area contributed by atoms with Gasteiger partial charge in [-0.1, -0.05) is 29.8 Å². The van der Waals surface area contributed by atoms with E-state index in [4.69, 9.17) is 0 Å². The largest absolute Gasteiger partial charge is 0.300 e. The highest BCUT2D eigenvalue weighted by molar-refractivity contribution is 6.04. The van der Waals surface area contributed by atoms with E-state index in [1.165, 1.54) is 0 Å². The zero-order valence-electron chi connectivity index (χ0n) is 13.5. The maximum Gasteiger partial charge on any atom is 0.300 e. The molecule has 1 aromatic carbocycles. The quantitative estimate of drug-likeness (QED) is 0.406. The summed E-state index contributed by atoms with van der Waals surface area (Å²) in [7, 11) is 3.90. The molecule has 0 saturated heterocycles. The maximum atomic E-state index is 12.6. The molecule has 2 heterocycles. The third kappa shape index (κ3) is 3.29. The molecule has 3 aromatic rings. The summed E-state index contributed by atoms with van der Waals surface area (Å²) < 4.78 is 7.72. The predicted molar refractivity (Wildman–Crippen MR) is 85.3 cm³/mol. The van der Waals surface area contributed by atoms with Crippen LogP contribution in [0.3, 0.4) is 0 Å². The summed E-state index contributed by atoms with van der Waals surface area (Å²) in [6, 6.07) is 7.62. The summed E-state index contributed by atoms with van der Waals surface area (Å²) in [5.41, 5.74) is 1.82. The lowest BCUT2D eigenvalue weighted by molar-refractivity contribution is -0.671. The van der Waals surface area contributed by atoms with Crippen LogP contribution in [0.5, 0.6) is 0 Å². The lowest BCUT2D eigenvalue weighted by atomic mass is 10.1. The lowest BCUT2D eigenvalue weighted by Gasteiger charge is -2.00. The Bertz CT molecular complexity index is 826. The Hall–Kier alpha value is -2.95. The fraction of sp³-hybridized carbons (Fsp3) is 0.167. The summed E-state index contributed by atoms with van der Waals surface area (Å²) in [6.07, 6.45) is 13.2. The van der Waals surface area contributed by atoms with E-state index in [0.29, 0.717) is 5.56 Å². The van der Waals surface area contributed by atoms with E-state index in [-0.39, 0.29) is 5.78 Å². The molecule has 0 N–H and O–H groups in total. The van der Waals surface area contributed by atoms with Gasteiger partial charge in [-0.25, -0.2) is 9.13 Å². The molecule has 0 aliphatic carbocycles. The molecule has 5 heteroatoms. The van der Waals surface area contributed by atoms with Crippen LogP contribution < -0.4 is 9.13 Å². The Labute approximate surface area is 135 Å². The zero-order chi connectivity index (χ0) is 16.4. The van der Waals surface area contributed by atoms with Crippen molar-refractivity contribution in [2.45, 2.75) is 6.92 Å². The smallest absolute Gasteiger partial charge is 0.289 e. The van der Waals surface area contributed by atoms with Crippen LogP contribution in [0.15, 0.2) is 67.8 Å². The molecule has 0 bridgehead atoms. The summed E-state index contributed by atoms with van der Waals surface area (Å²) in [6.45, 7) is 2.01. The van der Waals surface area contributed by atoms with Crippen molar-refractivity contribution >= 4 is 5.78 Å². The Kier molecular flexibility index (Phi) is 3.93. The van der Waals surface area contributed by atoms with Crippen molar-refractivity contribution in [2.75, 3.05) is 0 Å². The van der Waals surface area contributed by atoms with E-state index < -0.39 is 0 Å². The first kappa shape index (κ1) is 15.0. The van der Waals surface area contributed by atoms with Crippen molar-refractivity contribution in [1.29, 1.82) is 0 Å². The van der Waals surface area contributed by atoms with Crippen molar-refractivity contribution < 1.29 is 13.9 Å². The number of nitrogens with zero attached hydrogens (tertiary/aromatic N) is 4. The number of carbonyl (C=O) groups excluding carboxylic acids is 1. The van der Waals surface area contributed by atoms with Gasteiger partial charge in [0.05, 0.1) is 20.2 Å². The normalized spacial score (nSPS) is 10.6. The van der Waals surface area contributed by atoms with Gasteiger partial charge in [-0.05, 0) is 6.92 Å². The Morgan fingerprint density at radius 1 is 0.957 bits per heavy atom. The average Bonchev–Trinajstić information content (AvgIpc) is 3.14. The second-order valence-electron chi connectivity index (χ2n) is 5.71. The van der Waals surface area contributed by atoms with Crippen molar-refractivity contribution in [3.63, 3.8) is 0 Å². The molecule has 5 nitrogen and oxygen atoms in total. The second-order valence-corrected chi connectivity index (χ2v) is 5.71. The van der Waals surface area contributed by atoms with Gasteiger partial charge in [0, 0.05) is 5.56 Å². The molecular weight excluding hydrogens is 288 g/mol. The molecule has 0 radical (unpaired) electrons. The van der Waals surface area contributed by atoms with Crippen molar-refractivity contribution in [1.82, 2.24) is 9.13 Å². The summed E-state index contributed by atoms with van der Waals surface area (Å²) in [5.74, 6) is 0.754. The second kappa shape index (κ2) is 6.04. The van der Waals surface area contributed by atoms with Crippen LogP contribution >= 0.6 is 0 Å². The Morgan fingerprint density at radius 3 is 1.91 bits per heavy atom. The predicted octanol–water partition coefficient (Wildman–Crippen LogP) is 1.29. The molecule has 0 atom stereocenters. The van der Waals surface area contributed by atoms with E-state index in [0.717, 1.165) is 11.4 Å². The SMILES string of the molecule is Cc1ccc(C(=O)C=C(n2cc[n+](C)c2)n2cc[n+](C)c2)cc1. The number of allylic oxidation sites excluding steroid dienone is 1. The van der Waals surface area contributed by atoms with E-state index in [9.17, 15) is 4.79 Å². The molecule has 0 aliphatic rings. The monoisotopic (exact) mass is 308 g/mol. The van der Waals surface area contributed by atoms with Crippen LogP contribution in [0, 0.1) is 12.7 Å². The van der Waals surface area contributed by atoms with Crippen LogP contribution in [-0.2, 0) is 14.1 Å². The molecule has 0 saturated carbocycles. The number of imidazole rings is 2. The standard InChI is InChI=1S/C18H20N4O/c1-15-4-6-16(7-5-15)17(23)12-18(21-10-8-19(2)13-21)22-11-9-20(3)14-22/h4-14H,1-3H3/q+2. The lowest BCUT2D eigenvalue weighted by Crippen LogP contribution is -2.26. The van der Waals surface area contributed by atoms with E-state index in [1.54, 1.807) is 6.08 Å². The van der Waals surface area contributed by atoms with Gasteiger partial charge < -0.3 is 0 Å². The third-order valence-corrected chi connectivity index (χ3v) is 3.66. The van der Waals surface area contributed by atoms with Gasteiger partial charge in [0.2, 0.25) is 0 Å². The van der Waals surface area contributed by atoms with Crippen molar-refractivity contribution in [2.24, 2.45) is 14.1 Å². The minimum atomic E-state index is -0.0206. The first-order chi connectivity index (χ1) is 11.0. The minimum absolute atomic E-state index is 0.0206. The van der Waals surface area contributed by atoms with Gasteiger partial charge in [0.15, 0.2) is 5.78 Å². The highest BCUT2D eigenvalue weighted by Gasteiger charge is 2.18. The van der Waals surface area contributed by atoms with Gasteiger partial charge in [-0.2, -0.15) is 9.13 Å². The number of aryl methyl sites for hydroxylation is 3. The van der Waals surface area contributed by atoms with Gasteiger partial charge in [-0.3, -0.25) is 4.79 Å². The number of aromatic nitrogens is 4. The first-order valence-corrected chi connectivity index (χ1v) is 7.43. The average molecular weight is 308 g/mol. The fourth-order valence-electron chi connectivity index (χ4n) is 2.37. The molecular formula is C18H20N4O+2. The van der Waals surface area contributed by atoms with Gasteiger partial charge >= 0.3 is 5.82 Å². The van der Waals surface area contributed by atoms with Crippen LogP contribution in [0.1, 0.15) is 15.9 Å². The highest BCUT2D eigenvalue weighted by atomic mass is 16.1. The molecule has 2 aromatic heterocycles. The molecule has 0 unspecified atom stereocenters. The molecule has 0 aliphatic heterocycles. The molecule has 116 valence electrons. The number of hydrogen-bond donors (Lipinski definition) is 0.